The second kappa shape index (κ2) is 8.09. The fourth-order valence-electron chi connectivity index (χ4n) is 2.14. The SMILES string of the molecule is CCCN(CCC)c1cc(CNCC)cc(C)n1. The first-order valence-corrected chi connectivity index (χ1v) is 7.14. The minimum Gasteiger partial charge on any atom is -0.357 e. The molecule has 0 fully saturated rings. The van der Waals surface area contributed by atoms with E-state index in [0.29, 0.717) is 0 Å². The van der Waals surface area contributed by atoms with Crippen LogP contribution in [0.3, 0.4) is 0 Å². The number of rotatable bonds is 8. The van der Waals surface area contributed by atoms with Crippen molar-refractivity contribution < 1.29 is 0 Å². The number of aromatic nitrogens is 1. The van der Waals surface area contributed by atoms with E-state index in [1.54, 1.807) is 0 Å². The van der Waals surface area contributed by atoms with Crippen molar-refractivity contribution in [1.29, 1.82) is 0 Å². The Morgan fingerprint density at radius 1 is 1.11 bits per heavy atom. The minimum absolute atomic E-state index is 0.930. The van der Waals surface area contributed by atoms with Crippen LogP contribution in [0.2, 0.25) is 0 Å². The van der Waals surface area contributed by atoms with Crippen LogP contribution >= 0.6 is 0 Å². The molecule has 1 aromatic rings. The molecule has 0 saturated heterocycles. The van der Waals surface area contributed by atoms with Crippen LogP contribution in [-0.2, 0) is 6.54 Å². The Balaban J connectivity index is 2.87. The van der Waals surface area contributed by atoms with Crippen molar-refractivity contribution >= 4 is 5.82 Å². The van der Waals surface area contributed by atoms with Gasteiger partial charge >= 0.3 is 0 Å². The highest BCUT2D eigenvalue weighted by atomic mass is 15.2. The number of hydrogen-bond donors (Lipinski definition) is 1. The van der Waals surface area contributed by atoms with Crippen LogP contribution in [0, 0.1) is 6.92 Å². The van der Waals surface area contributed by atoms with Crippen molar-refractivity contribution in [2.45, 2.75) is 47.1 Å². The molecule has 0 spiro atoms. The second-order valence-corrected chi connectivity index (χ2v) is 4.74. The van der Waals surface area contributed by atoms with Crippen LogP contribution in [0.15, 0.2) is 12.1 Å². The highest BCUT2D eigenvalue weighted by Crippen LogP contribution is 2.16. The summed E-state index contributed by atoms with van der Waals surface area (Å²) in [6.45, 7) is 12.8. The summed E-state index contributed by atoms with van der Waals surface area (Å²) in [6, 6.07) is 4.39. The zero-order chi connectivity index (χ0) is 13.4. The summed E-state index contributed by atoms with van der Waals surface area (Å²) in [6.07, 6.45) is 2.33. The van der Waals surface area contributed by atoms with Crippen molar-refractivity contribution in [3.63, 3.8) is 0 Å². The minimum atomic E-state index is 0.930. The Morgan fingerprint density at radius 2 is 1.78 bits per heavy atom. The van der Waals surface area contributed by atoms with E-state index >= 15 is 0 Å². The quantitative estimate of drug-likeness (QED) is 0.767. The lowest BCUT2D eigenvalue weighted by Crippen LogP contribution is -2.26. The summed E-state index contributed by atoms with van der Waals surface area (Å²) in [7, 11) is 0. The molecule has 0 bridgehead atoms. The van der Waals surface area contributed by atoms with E-state index in [0.717, 1.165) is 50.5 Å². The Bertz CT molecular complexity index is 344. The molecule has 0 saturated carbocycles. The summed E-state index contributed by atoms with van der Waals surface area (Å²) in [4.78, 5) is 7.07. The van der Waals surface area contributed by atoms with Gasteiger partial charge in [-0.1, -0.05) is 20.8 Å². The predicted octanol–water partition coefficient (Wildman–Crippen LogP) is 3.13. The van der Waals surface area contributed by atoms with Gasteiger partial charge in [-0.15, -0.1) is 0 Å². The first-order valence-electron chi connectivity index (χ1n) is 7.14. The van der Waals surface area contributed by atoms with E-state index in [1.165, 1.54) is 5.56 Å². The Morgan fingerprint density at radius 3 is 2.33 bits per heavy atom. The fraction of sp³-hybridized carbons (Fsp3) is 0.667. The molecule has 0 aliphatic rings. The maximum absolute atomic E-state index is 4.68. The number of hydrogen-bond acceptors (Lipinski definition) is 3. The monoisotopic (exact) mass is 249 g/mol. The van der Waals surface area contributed by atoms with Crippen molar-refractivity contribution in [2.24, 2.45) is 0 Å². The molecule has 0 aromatic carbocycles. The van der Waals surface area contributed by atoms with Crippen molar-refractivity contribution in [1.82, 2.24) is 10.3 Å². The summed E-state index contributed by atoms with van der Waals surface area (Å²) in [5.74, 6) is 1.13. The summed E-state index contributed by atoms with van der Waals surface area (Å²) >= 11 is 0. The smallest absolute Gasteiger partial charge is 0.129 e. The number of pyridine rings is 1. The number of nitrogens with one attached hydrogen (secondary N) is 1. The van der Waals surface area contributed by atoms with Gasteiger partial charge in [0.2, 0.25) is 0 Å². The zero-order valence-corrected chi connectivity index (χ0v) is 12.3. The van der Waals surface area contributed by atoms with E-state index in [2.05, 4.69) is 55.0 Å². The molecule has 3 nitrogen and oxygen atoms in total. The molecule has 0 aliphatic heterocycles. The van der Waals surface area contributed by atoms with Gasteiger partial charge in [0, 0.05) is 25.3 Å². The molecule has 0 atom stereocenters. The second-order valence-electron chi connectivity index (χ2n) is 4.74. The first-order chi connectivity index (χ1) is 8.71. The van der Waals surface area contributed by atoms with E-state index in [-0.39, 0.29) is 0 Å². The lowest BCUT2D eigenvalue weighted by atomic mass is 10.2. The van der Waals surface area contributed by atoms with Crippen LogP contribution in [0.4, 0.5) is 5.82 Å². The van der Waals surface area contributed by atoms with Crippen LogP contribution in [0.5, 0.6) is 0 Å². The summed E-state index contributed by atoms with van der Waals surface area (Å²) in [5, 5.41) is 3.38. The van der Waals surface area contributed by atoms with Gasteiger partial charge in [0.1, 0.15) is 5.82 Å². The number of anilines is 1. The van der Waals surface area contributed by atoms with E-state index in [4.69, 9.17) is 0 Å². The number of nitrogens with zero attached hydrogens (tertiary/aromatic N) is 2. The van der Waals surface area contributed by atoms with Gasteiger partial charge in [-0.25, -0.2) is 4.98 Å². The van der Waals surface area contributed by atoms with Gasteiger partial charge in [-0.05, 0) is 44.0 Å². The third kappa shape index (κ3) is 4.65. The zero-order valence-electron chi connectivity index (χ0n) is 12.3. The van der Waals surface area contributed by atoms with E-state index in [1.807, 2.05) is 0 Å². The van der Waals surface area contributed by atoms with Crippen LogP contribution in [0.25, 0.3) is 0 Å². The largest absolute Gasteiger partial charge is 0.357 e. The van der Waals surface area contributed by atoms with Crippen molar-refractivity contribution in [2.75, 3.05) is 24.5 Å². The lowest BCUT2D eigenvalue weighted by Gasteiger charge is -2.23. The maximum atomic E-state index is 4.68. The van der Waals surface area contributed by atoms with E-state index < -0.39 is 0 Å². The molecule has 0 unspecified atom stereocenters. The lowest BCUT2D eigenvalue weighted by molar-refractivity contribution is 0.714. The summed E-state index contributed by atoms with van der Waals surface area (Å²) < 4.78 is 0. The topological polar surface area (TPSA) is 28.2 Å². The Hall–Kier alpha value is -1.09. The van der Waals surface area contributed by atoms with Gasteiger partial charge < -0.3 is 10.2 Å². The predicted molar refractivity (Wildman–Crippen MR) is 79.1 cm³/mol. The molecular formula is C15H27N3. The van der Waals surface area contributed by atoms with Crippen LogP contribution < -0.4 is 10.2 Å². The molecule has 0 aliphatic carbocycles. The highest BCUT2D eigenvalue weighted by Gasteiger charge is 2.08. The number of aryl methyl sites for hydroxylation is 1. The average molecular weight is 249 g/mol. The van der Waals surface area contributed by atoms with Gasteiger partial charge in [-0.2, -0.15) is 0 Å². The molecule has 3 heteroatoms. The standard InChI is InChI=1S/C15H27N3/c1-5-8-18(9-6-2)15-11-14(12-16-7-3)10-13(4)17-15/h10-11,16H,5-9,12H2,1-4H3. The molecule has 18 heavy (non-hydrogen) atoms. The van der Waals surface area contributed by atoms with Crippen molar-refractivity contribution in [3.05, 3.63) is 23.4 Å². The summed E-state index contributed by atoms with van der Waals surface area (Å²) in [5.41, 5.74) is 2.44. The molecule has 1 aromatic heterocycles. The highest BCUT2D eigenvalue weighted by molar-refractivity contribution is 5.42. The molecule has 0 radical (unpaired) electrons. The van der Waals surface area contributed by atoms with Gasteiger partial charge in [-0.3, -0.25) is 0 Å². The normalized spacial score (nSPS) is 10.7. The molecule has 102 valence electrons. The maximum Gasteiger partial charge on any atom is 0.129 e. The van der Waals surface area contributed by atoms with Crippen LogP contribution in [-0.4, -0.2) is 24.6 Å². The molecule has 0 amide bonds. The fourth-order valence-corrected chi connectivity index (χ4v) is 2.14. The van der Waals surface area contributed by atoms with Gasteiger partial charge in [0.25, 0.3) is 0 Å². The molecule has 1 N–H and O–H groups in total. The third-order valence-electron chi connectivity index (χ3n) is 2.89. The molecule has 1 heterocycles. The van der Waals surface area contributed by atoms with Crippen molar-refractivity contribution in [3.8, 4) is 0 Å². The molecular weight excluding hydrogens is 222 g/mol. The van der Waals surface area contributed by atoms with Gasteiger partial charge in [0.15, 0.2) is 0 Å². The first kappa shape index (κ1) is 15.0. The third-order valence-corrected chi connectivity index (χ3v) is 2.89. The molecule has 1 rings (SSSR count). The van der Waals surface area contributed by atoms with Crippen LogP contribution in [0.1, 0.15) is 44.9 Å². The Labute approximate surface area is 112 Å². The van der Waals surface area contributed by atoms with Gasteiger partial charge in [0.05, 0.1) is 0 Å². The van der Waals surface area contributed by atoms with E-state index in [9.17, 15) is 0 Å². The Kier molecular flexibility index (Phi) is 6.73. The average Bonchev–Trinajstić information content (AvgIpc) is 2.35.